The molecule has 1 saturated carbocycles. The average molecular weight is 456 g/mol. The number of pyridine rings is 1. The van der Waals surface area contributed by atoms with Gasteiger partial charge in [-0.25, -0.2) is 18.6 Å². The quantitative estimate of drug-likeness (QED) is 0.485. The lowest BCUT2D eigenvalue weighted by atomic mass is 10.1. The molecule has 180 valence electrons. The number of nitrogens with zero attached hydrogens (tertiary/aromatic N) is 2. The van der Waals surface area contributed by atoms with Gasteiger partial charge >= 0.3 is 5.97 Å². The summed E-state index contributed by atoms with van der Waals surface area (Å²) >= 11 is 0. The van der Waals surface area contributed by atoms with Crippen LogP contribution < -0.4 is 15.0 Å². The molecule has 1 saturated heterocycles. The van der Waals surface area contributed by atoms with E-state index in [9.17, 15) is 18.4 Å². The fourth-order valence-corrected chi connectivity index (χ4v) is 3.13. The van der Waals surface area contributed by atoms with Crippen molar-refractivity contribution < 1.29 is 28.2 Å². The van der Waals surface area contributed by atoms with Gasteiger partial charge in [-0.15, -0.1) is 6.04 Å². The lowest BCUT2D eigenvalue weighted by molar-refractivity contribution is -0.120. The summed E-state index contributed by atoms with van der Waals surface area (Å²) in [6.07, 6.45) is 6.77. The van der Waals surface area contributed by atoms with Crippen molar-refractivity contribution in [1.82, 2.24) is 10.3 Å². The Hall–Kier alpha value is -2.49. The Morgan fingerprint density at radius 1 is 1.34 bits per heavy atom. The molecule has 0 radical (unpaired) electrons. The minimum Gasteiger partial charge on any atom is -0.674 e. The summed E-state index contributed by atoms with van der Waals surface area (Å²) in [5.41, 5.74) is 7.81. The smallest absolute Gasteiger partial charge is 0.354 e. The zero-order chi connectivity index (χ0) is 23.7. The monoisotopic (exact) mass is 455 g/mol. The Kier molecular flexibility index (Phi) is 9.61. The molecule has 32 heavy (non-hydrogen) atoms. The predicted octanol–water partition coefficient (Wildman–Crippen LogP) is 4.15. The normalized spacial score (nSPS) is 17.5. The number of hydrogen-bond donors (Lipinski definition) is 2. The molecule has 2 fully saturated rings. The topological polar surface area (TPSA) is 116 Å². The van der Waals surface area contributed by atoms with E-state index in [1.165, 1.54) is 29.9 Å². The van der Waals surface area contributed by atoms with Crippen LogP contribution in [-0.2, 0) is 4.79 Å². The highest BCUT2D eigenvalue weighted by Gasteiger charge is 2.45. The maximum absolute atomic E-state index is 12.9. The molecule has 2 heterocycles. The number of carbonyl (C=O) groups is 2. The first kappa shape index (κ1) is 25.8. The number of amides is 1. The van der Waals surface area contributed by atoms with Gasteiger partial charge in [0.25, 0.3) is 5.92 Å². The van der Waals surface area contributed by atoms with Crippen LogP contribution in [0.15, 0.2) is 12.1 Å². The molecule has 10 heteroatoms. The number of halogens is 2. The predicted molar refractivity (Wildman–Crippen MR) is 118 cm³/mol. The molecular formula is C22H33F2N4O4-. The first-order chi connectivity index (χ1) is 15.1. The Balaban J connectivity index is 0.000000262. The van der Waals surface area contributed by atoms with Gasteiger partial charge in [-0.05, 0) is 30.9 Å². The standard InChI is InChI=1S/C13H14F2N2O3.C9H19N2O/c14-13(15)6-17(7-13)10-4-3-9(12(18)19)16-11(10)20-5-8-1-2-8;1-3-4-5-6-8(10)7-9(12)11-2/h3-4,8H,1-2,5-7H2,(H,18,19);8,10H,3-7H2,1-2H3,(H,11,12)/q;-1. The number of alkyl halides is 2. The average Bonchev–Trinajstić information content (AvgIpc) is 3.55. The fourth-order valence-electron chi connectivity index (χ4n) is 3.13. The van der Waals surface area contributed by atoms with Gasteiger partial charge < -0.3 is 25.8 Å². The SMILES string of the molecule is CCCCCC([NH-])CC(=O)NC.O=C(O)c1ccc(N2CC(F)(F)C2)c(OCC2CC2)n1. The molecule has 0 spiro atoms. The van der Waals surface area contributed by atoms with E-state index in [1.807, 2.05) is 0 Å². The Morgan fingerprint density at radius 3 is 2.56 bits per heavy atom. The molecule has 1 atom stereocenters. The molecule has 1 aliphatic carbocycles. The second-order valence-electron chi connectivity index (χ2n) is 8.36. The van der Waals surface area contributed by atoms with Crippen LogP contribution in [0.2, 0.25) is 0 Å². The van der Waals surface area contributed by atoms with E-state index >= 15 is 0 Å². The largest absolute Gasteiger partial charge is 0.674 e. The molecule has 3 N–H and O–H groups in total. The summed E-state index contributed by atoms with van der Waals surface area (Å²) in [6, 6.07) is 2.57. The van der Waals surface area contributed by atoms with E-state index in [4.69, 9.17) is 15.6 Å². The molecule has 1 aromatic rings. The van der Waals surface area contributed by atoms with Crippen molar-refractivity contribution in [1.29, 1.82) is 0 Å². The minimum atomic E-state index is -2.70. The number of unbranched alkanes of at least 4 members (excludes halogenated alkanes) is 2. The number of ether oxygens (including phenoxy) is 1. The van der Waals surface area contributed by atoms with E-state index < -0.39 is 11.9 Å². The number of carboxylic acids is 1. The highest BCUT2D eigenvalue weighted by Crippen LogP contribution is 2.37. The highest BCUT2D eigenvalue weighted by atomic mass is 19.3. The Morgan fingerprint density at radius 2 is 2.03 bits per heavy atom. The van der Waals surface area contributed by atoms with Crippen molar-refractivity contribution >= 4 is 17.6 Å². The molecule has 3 rings (SSSR count). The second kappa shape index (κ2) is 11.9. The highest BCUT2D eigenvalue weighted by molar-refractivity contribution is 5.86. The summed E-state index contributed by atoms with van der Waals surface area (Å²) in [4.78, 5) is 27.1. The van der Waals surface area contributed by atoms with Crippen molar-refractivity contribution in [3.05, 3.63) is 23.6 Å². The third-order valence-electron chi connectivity index (χ3n) is 5.26. The van der Waals surface area contributed by atoms with Crippen molar-refractivity contribution in [3.8, 4) is 5.88 Å². The Bertz CT molecular complexity index is 766. The number of hydrogen-bond acceptors (Lipinski definition) is 5. The van der Waals surface area contributed by atoms with Gasteiger partial charge in [0.2, 0.25) is 11.8 Å². The maximum Gasteiger partial charge on any atom is 0.354 e. The van der Waals surface area contributed by atoms with Crippen LogP contribution in [0.4, 0.5) is 14.5 Å². The summed E-state index contributed by atoms with van der Waals surface area (Å²) in [7, 11) is 1.61. The number of carbonyl (C=O) groups excluding carboxylic acids is 1. The molecule has 1 aromatic heterocycles. The molecule has 1 amide bonds. The van der Waals surface area contributed by atoms with Crippen molar-refractivity contribution in [2.75, 3.05) is 31.6 Å². The van der Waals surface area contributed by atoms with Crippen molar-refractivity contribution in [2.45, 2.75) is 63.8 Å². The molecule has 1 unspecified atom stereocenters. The Labute approximate surface area is 187 Å². The van der Waals surface area contributed by atoms with Crippen LogP contribution >= 0.6 is 0 Å². The van der Waals surface area contributed by atoms with Crippen LogP contribution in [-0.4, -0.2) is 60.7 Å². The number of anilines is 1. The van der Waals surface area contributed by atoms with Crippen LogP contribution in [0.3, 0.4) is 0 Å². The van der Waals surface area contributed by atoms with E-state index in [1.54, 1.807) is 7.05 Å². The van der Waals surface area contributed by atoms with Gasteiger partial charge in [-0.2, -0.15) is 0 Å². The maximum atomic E-state index is 12.9. The van der Waals surface area contributed by atoms with E-state index in [2.05, 4.69) is 17.2 Å². The number of aromatic nitrogens is 1. The fraction of sp³-hybridized carbons (Fsp3) is 0.682. The molecular weight excluding hydrogens is 422 g/mol. The summed E-state index contributed by atoms with van der Waals surface area (Å²) in [5.74, 6) is -3.28. The first-order valence-corrected chi connectivity index (χ1v) is 11.1. The van der Waals surface area contributed by atoms with Crippen molar-refractivity contribution in [2.24, 2.45) is 5.92 Å². The molecule has 0 bridgehead atoms. The number of carboxylic acid groups (broad SMARTS) is 1. The van der Waals surface area contributed by atoms with Crippen LogP contribution in [0.25, 0.3) is 5.73 Å². The molecule has 0 aromatic carbocycles. The van der Waals surface area contributed by atoms with Gasteiger partial charge in [-0.1, -0.05) is 32.6 Å². The summed E-state index contributed by atoms with van der Waals surface area (Å²) in [5, 5.41) is 11.5. The third-order valence-corrected chi connectivity index (χ3v) is 5.26. The molecule has 2 aliphatic rings. The zero-order valence-electron chi connectivity index (χ0n) is 18.7. The lowest BCUT2D eigenvalue weighted by Crippen LogP contribution is -2.56. The van der Waals surface area contributed by atoms with Crippen LogP contribution in [0.5, 0.6) is 5.88 Å². The lowest BCUT2D eigenvalue weighted by Gasteiger charge is -2.40. The van der Waals surface area contributed by atoms with E-state index in [0.29, 0.717) is 24.6 Å². The van der Waals surface area contributed by atoms with Crippen LogP contribution in [0, 0.1) is 5.92 Å². The van der Waals surface area contributed by atoms with Crippen molar-refractivity contribution in [3.63, 3.8) is 0 Å². The number of aromatic carboxylic acids is 1. The van der Waals surface area contributed by atoms with Gasteiger partial charge in [0.05, 0.1) is 19.7 Å². The minimum absolute atomic E-state index is 0.0218. The van der Waals surface area contributed by atoms with Gasteiger partial charge in [-0.3, -0.25) is 4.79 Å². The third kappa shape index (κ3) is 8.57. The number of nitrogens with one attached hydrogen (secondary N) is 2. The van der Waals surface area contributed by atoms with E-state index in [0.717, 1.165) is 25.7 Å². The zero-order valence-corrected chi connectivity index (χ0v) is 18.7. The first-order valence-electron chi connectivity index (χ1n) is 11.1. The molecule has 8 nitrogen and oxygen atoms in total. The number of rotatable bonds is 11. The molecule has 1 aliphatic heterocycles. The van der Waals surface area contributed by atoms with Gasteiger partial charge in [0.1, 0.15) is 5.69 Å². The van der Waals surface area contributed by atoms with Gasteiger partial charge in [0.15, 0.2) is 5.69 Å². The second-order valence-corrected chi connectivity index (χ2v) is 8.36. The van der Waals surface area contributed by atoms with Gasteiger partial charge in [0, 0.05) is 13.5 Å². The summed E-state index contributed by atoms with van der Waals surface area (Å²) in [6.45, 7) is 1.81. The van der Waals surface area contributed by atoms with Crippen LogP contribution in [0.1, 0.15) is 62.4 Å². The summed E-state index contributed by atoms with van der Waals surface area (Å²) < 4.78 is 31.4. The van der Waals surface area contributed by atoms with E-state index in [-0.39, 0.29) is 36.6 Å².